The van der Waals surface area contributed by atoms with Crippen LogP contribution in [0.5, 0.6) is 0 Å². The van der Waals surface area contributed by atoms with E-state index in [0.29, 0.717) is 20.9 Å². The van der Waals surface area contributed by atoms with Gasteiger partial charge in [-0.25, -0.2) is 9.78 Å². The van der Waals surface area contributed by atoms with E-state index in [1.807, 2.05) is 6.92 Å². The van der Waals surface area contributed by atoms with Crippen molar-refractivity contribution in [2.75, 3.05) is 12.4 Å². The van der Waals surface area contributed by atoms with E-state index in [9.17, 15) is 4.79 Å². The summed E-state index contributed by atoms with van der Waals surface area (Å²) < 4.78 is 4.65. The first-order valence-electron chi connectivity index (χ1n) is 5.29. The number of thiazole rings is 1. The van der Waals surface area contributed by atoms with E-state index in [4.69, 9.17) is 23.2 Å². The Kier molecular flexibility index (Phi) is 4.29. The number of ether oxygens (including phenoxy) is 1. The number of hydrogen-bond donors (Lipinski definition) is 1. The van der Waals surface area contributed by atoms with Crippen LogP contribution in [0.4, 0.5) is 10.8 Å². The Hall–Kier alpha value is -1.30. The molecule has 0 spiro atoms. The molecule has 0 aliphatic heterocycles. The van der Waals surface area contributed by atoms with Gasteiger partial charge in [0.1, 0.15) is 0 Å². The van der Waals surface area contributed by atoms with Crippen LogP contribution in [0, 0.1) is 6.92 Å². The van der Waals surface area contributed by atoms with Crippen LogP contribution in [0.2, 0.25) is 10.0 Å². The summed E-state index contributed by atoms with van der Waals surface area (Å²) in [5.41, 5.74) is 1.06. The number of methoxy groups -OCH3 is 1. The van der Waals surface area contributed by atoms with Crippen LogP contribution in [0.3, 0.4) is 0 Å². The lowest BCUT2D eigenvalue weighted by atomic mass is 10.3. The third-order valence-corrected chi connectivity index (χ3v) is 3.97. The highest BCUT2D eigenvalue weighted by Gasteiger charge is 2.15. The molecule has 100 valence electrons. The summed E-state index contributed by atoms with van der Waals surface area (Å²) in [6.07, 6.45) is 0. The number of hydrogen-bond acceptors (Lipinski definition) is 5. The molecule has 7 heteroatoms. The minimum absolute atomic E-state index is 0.315. The lowest BCUT2D eigenvalue weighted by molar-refractivity contribution is 0.0594. The molecule has 0 amide bonds. The number of benzene rings is 1. The van der Waals surface area contributed by atoms with Crippen molar-refractivity contribution in [2.45, 2.75) is 6.92 Å². The number of rotatable bonds is 3. The van der Waals surface area contributed by atoms with Crippen LogP contribution < -0.4 is 5.32 Å². The topological polar surface area (TPSA) is 51.2 Å². The van der Waals surface area contributed by atoms with Crippen LogP contribution in [-0.2, 0) is 4.74 Å². The zero-order valence-corrected chi connectivity index (χ0v) is 12.5. The summed E-state index contributed by atoms with van der Waals surface area (Å²) in [4.78, 5) is 16.4. The van der Waals surface area contributed by atoms with Crippen LogP contribution in [-0.4, -0.2) is 18.1 Å². The van der Waals surface area contributed by atoms with E-state index in [1.165, 1.54) is 18.4 Å². The van der Waals surface area contributed by atoms with Crippen LogP contribution >= 0.6 is 34.5 Å². The van der Waals surface area contributed by atoms with Gasteiger partial charge in [-0.2, -0.15) is 0 Å². The fourth-order valence-corrected chi connectivity index (χ4v) is 2.55. The smallest absolute Gasteiger partial charge is 0.357 e. The molecule has 1 N–H and O–H groups in total. The number of nitrogens with zero attached hydrogens (tertiary/aromatic N) is 1. The van der Waals surface area contributed by atoms with Crippen molar-refractivity contribution in [1.82, 2.24) is 4.98 Å². The van der Waals surface area contributed by atoms with Gasteiger partial charge in [0.25, 0.3) is 0 Å². The van der Waals surface area contributed by atoms with Crippen molar-refractivity contribution in [3.05, 3.63) is 38.8 Å². The first kappa shape index (κ1) is 14.1. The number of nitrogens with one attached hydrogen (secondary N) is 1. The molecule has 0 unspecified atom stereocenters. The van der Waals surface area contributed by atoms with E-state index in [-0.39, 0.29) is 0 Å². The molecule has 4 nitrogen and oxygen atoms in total. The van der Waals surface area contributed by atoms with Gasteiger partial charge in [0.15, 0.2) is 10.8 Å². The Morgan fingerprint density at radius 1 is 1.37 bits per heavy atom. The summed E-state index contributed by atoms with van der Waals surface area (Å²) in [5, 5.41) is 4.60. The number of halogens is 2. The summed E-state index contributed by atoms with van der Waals surface area (Å²) in [7, 11) is 1.33. The highest BCUT2D eigenvalue weighted by Crippen LogP contribution is 2.29. The highest BCUT2D eigenvalue weighted by molar-refractivity contribution is 7.15. The minimum atomic E-state index is -0.448. The molecular weight excluding hydrogens is 307 g/mol. The van der Waals surface area contributed by atoms with Gasteiger partial charge in [0, 0.05) is 10.6 Å². The predicted molar refractivity (Wildman–Crippen MR) is 77.9 cm³/mol. The zero-order chi connectivity index (χ0) is 14.0. The number of aryl methyl sites for hydroxylation is 1. The second-order valence-electron chi connectivity index (χ2n) is 3.67. The predicted octanol–water partition coefficient (Wildman–Crippen LogP) is 4.29. The van der Waals surface area contributed by atoms with Crippen molar-refractivity contribution in [1.29, 1.82) is 0 Å². The van der Waals surface area contributed by atoms with E-state index >= 15 is 0 Å². The van der Waals surface area contributed by atoms with Crippen molar-refractivity contribution in [2.24, 2.45) is 0 Å². The average molecular weight is 317 g/mol. The normalized spacial score (nSPS) is 10.3. The molecule has 0 saturated heterocycles. The Bertz CT molecular complexity index is 628. The van der Waals surface area contributed by atoms with E-state index in [1.54, 1.807) is 18.2 Å². The maximum atomic E-state index is 11.5. The average Bonchev–Trinajstić information content (AvgIpc) is 2.74. The standard InChI is InChI=1S/C12H10Cl2N2O2S/c1-6-10(11(17)18-2)16-12(19-6)15-7-3-4-8(13)9(14)5-7/h3-5H,1-2H3,(H,15,16). The van der Waals surface area contributed by atoms with Gasteiger partial charge < -0.3 is 10.1 Å². The Morgan fingerprint density at radius 2 is 2.11 bits per heavy atom. The molecule has 1 aromatic heterocycles. The second kappa shape index (κ2) is 5.77. The molecule has 0 saturated carbocycles. The number of carbonyl (C=O) groups excluding carboxylic acids is 1. The molecule has 0 bridgehead atoms. The number of aromatic nitrogens is 1. The SMILES string of the molecule is COC(=O)c1nc(Nc2ccc(Cl)c(Cl)c2)sc1C. The molecule has 1 aromatic carbocycles. The number of carbonyl (C=O) groups is 1. The third-order valence-electron chi connectivity index (χ3n) is 2.35. The molecule has 0 aliphatic carbocycles. The first-order chi connectivity index (χ1) is 9.01. The van der Waals surface area contributed by atoms with E-state index in [0.717, 1.165) is 10.6 Å². The summed E-state index contributed by atoms with van der Waals surface area (Å²) in [5.74, 6) is -0.448. The van der Waals surface area contributed by atoms with Crippen molar-refractivity contribution >= 4 is 51.3 Å². The Balaban J connectivity index is 2.24. The lowest BCUT2D eigenvalue weighted by Crippen LogP contribution is -2.03. The van der Waals surface area contributed by atoms with Gasteiger partial charge in [0.05, 0.1) is 17.2 Å². The van der Waals surface area contributed by atoms with E-state index < -0.39 is 5.97 Å². The quantitative estimate of drug-likeness (QED) is 0.858. The molecule has 0 aliphatic rings. The monoisotopic (exact) mass is 316 g/mol. The van der Waals surface area contributed by atoms with Gasteiger partial charge in [-0.15, -0.1) is 11.3 Å². The highest BCUT2D eigenvalue weighted by atomic mass is 35.5. The van der Waals surface area contributed by atoms with Gasteiger partial charge in [-0.1, -0.05) is 23.2 Å². The van der Waals surface area contributed by atoms with Crippen molar-refractivity contribution < 1.29 is 9.53 Å². The minimum Gasteiger partial charge on any atom is -0.464 e. The molecule has 2 rings (SSSR count). The third kappa shape index (κ3) is 3.18. The molecular formula is C12H10Cl2N2O2S. The summed E-state index contributed by atoms with van der Waals surface area (Å²) in [6.45, 7) is 1.81. The fourth-order valence-electron chi connectivity index (χ4n) is 1.43. The van der Waals surface area contributed by atoms with Crippen molar-refractivity contribution in [3.8, 4) is 0 Å². The lowest BCUT2D eigenvalue weighted by Gasteiger charge is -2.03. The van der Waals surface area contributed by atoms with Gasteiger partial charge in [0.2, 0.25) is 0 Å². The van der Waals surface area contributed by atoms with Gasteiger partial charge in [-0.05, 0) is 25.1 Å². The zero-order valence-electron chi connectivity index (χ0n) is 10.2. The van der Waals surface area contributed by atoms with E-state index in [2.05, 4.69) is 15.0 Å². The Morgan fingerprint density at radius 3 is 2.74 bits per heavy atom. The van der Waals surface area contributed by atoms with Crippen molar-refractivity contribution in [3.63, 3.8) is 0 Å². The summed E-state index contributed by atoms with van der Waals surface area (Å²) >= 11 is 13.1. The van der Waals surface area contributed by atoms with Crippen LogP contribution in [0.15, 0.2) is 18.2 Å². The first-order valence-corrected chi connectivity index (χ1v) is 6.86. The maximum absolute atomic E-state index is 11.5. The largest absolute Gasteiger partial charge is 0.464 e. The van der Waals surface area contributed by atoms with Crippen LogP contribution in [0.1, 0.15) is 15.4 Å². The van der Waals surface area contributed by atoms with Crippen LogP contribution in [0.25, 0.3) is 0 Å². The molecule has 19 heavy (non-hydrogen) atoms. The Labute approximate surface area is 124 Å². The van der Waals surface area contributed by atoms with Gasteiger partial charge in [-0.3, -0.25) is 0 Å². The fraction of sp³-hybridized carbons (Fsp3) is 0.167. The second-order valence-corrected chi connectivity index (χ2v) is 5.69. The van der Waals surface area contributed by atoms with Gasteiger partial charge >= 0.3 is 5.97 Å². The summed E-state index contributed by atoms with van der Waals surface area (Å²) in [6, 6.07) is 5.16. The number of esters is 1. The molecule has 0 atom stereocenters. The number of anilines is 2. The molecule has 0 fully saturated rings. The molecule has 1 heterocycles. The maximum Gasteiger partial charge on any atom is 0.357 e. The molecule has 0 radical (unpaired) electrons. The molecule has 2 aromatic rings.